The van der Waals surface area contributed by atoms with E-state index < -0.39 is 5.60 Å². The van der Waals surface area contributed by atoms with Gasteiger partial charge in [-0.2, -0.15) is 0 Å². The predicted molar refractivity (Wildman–Crippen MR) is 65.8 cm³/mol. The smallest absolute Gasteiger partial charge is 0.340 e. The van der Waals surface area contributed by atoms with Gasteiger partial charge < -0.3 is 10.5 Å². The molecule has 4 heteroatoms. The van der Waals surface area contributed by atoms with Crippen molar-refractivity contribution in [1.29, 1.82) is 0 Å². The van der Waals surface area contributed by atoms with Crippen molar-refractivity contribution in [3.8, 4) is 0 Å². The second kappa shape index (κ2) is 4.02. The average molecular weight is 234 g/mol. The van der Waals surface area contributed by atoms with E-state index >= 15 is 0 Å². The molecule has 1 aliphatic rings. The van der Waals surface area contributed by atoms with Crippen LogP contribution in [0.25, 0.3) is 0 Å². The van der Waals surface area contributed by atoms with Gasteiger partial charge in [-0.25, -0.2) is 4.79 Å². The highest BCUT2D eigenvalue weighted by molar-refractivity contribution is 5.92. The van der Waals surface area contributed by atoms with Crippen molar-refractivity contribution in [3.05, 3.63) is 23.5 Å². The molecule has 1 aromatic rings. The standard InChI is InChI=1S/C13H18N2O2/c1-13(2,3)17-12(16)10-6-9(14)7-15-11(10)8-4-5-8/h6-8H,4-5,14H2,1-3H3. The fourth-order valence-corrected chi connectivity index (χ4v) is 1.67. The minimum absolute atomic E-state index is 0.334. The predicted octanol–water partition coefficient (Wildman–Crippen LogP) is 2.50. The lowest BCUT2D eigenvalue weighted by molar-refractivity contribution is 0.00678. The molecule has 0 bridgehead atoms. The van der Waals surface area contributed by atoms with Crippen molar-refractivity contribution < 1.29 is 9.53 Å². The van der Waals surface area contributed by atoms with E-state index in [9.17, 15) is 4.79 Å². The topological polar surface area (TPSA) is 65.2 Å². The summed E-state index contributed by atoms with van der Waals surface area (Å²) in [6.07, 6.45) is 3.78. The number of nitrogens with zero attached hydrogens (tertiary/aromatic N) is 1. The number of esters is 1. The Morgan fingerprint density at radius 1 is 1.47 bits per heavy atom. The molecule has 1 aliphatic carbocycles. The summed E-state index contributed by atoms with van der Waals surface area (Å²) in [6.45, 7) is 5.55. The van der Waals surface area contributed by atoms with Crippen molar-refractivity contribution in [2.45, 2.75) is 45.1 Å². The number of nitrogens with two attached hydrogens (primary N) is 1. The maximum atomic E-state index is 12.0. The number of nitrogen functional groups attached to an aromatic ring is 1. The second-order valence-electron chi connectivity index (χ2n) is 5.48. The van der Waals surface area contributed by atoms with E-state index in [1.807, 2.05) is 20.8 Å². The van der Waals surface area contributed by atoms with Gasteiger partial charge in [0.25, 0.3) is 0 Å². The zero-order chi connectivity index (χ0) is 12.6. The summed E-state index contributed by atoms with van der Waals surface area (Å²) in [5.74, 6) is 0.0670. The van der Waals surface area contributed by atoms with Crippen LogP contribution in [-0.4, -0.2) is 16.6 Å². The van der Waals surface area contributed by atoms with Crippen LogP contribution < -0.4 is 5.73 Å². The third-order valence-corrected chi connectivity index (χ3v) is 2.52. The first kappa shape index (κ1) is 11.9. The molecule has 0 amide bonds. The van der Waals surface area contributed by atoms with Gasteiger partial charge in [0.05, 0.1) is 23.1 Å². The maximum absolute atomic E-state index is 12.0. The van der Waals surface area contributed by atoms with Crippen LogP contribution in [0.15, 0.2) is 12.3 Å². The lowest BCUT2D eigenvalue weighted by atomic mass is 10.1. The van der Waals surface area contributed by atoms with Crippen LogP contribution in [0.1, 0.15) is 55.6 Å². The fraction of sp³-hybridized carbons (Fsp3) is 0.538. The fourth-order valence-electron chi connectivity index (χ4n) is 1.67. The van der Waals surface area contributed by atoms with E-state index in [1.165, 1.54) is 0 Å². The summed E-state index contributed by atoms with van der Waals surface area (Å²) < 4.78 is 5.36. The normalized spacial score (nSPS) is 15.7. The van der Waals surface area contributed by atoms with Crippen molar-refractivity contribution in [2.75, 3.05) is 5.73 Å². The molecular formula is C13H18N2O2. The average Bonchev–Trinajstić information content (AvgIpc) is 2.98. The van der Waals surface area contributed by atoms with Gasteiger partial charge in [0.15, 0.2) is 0 Å². The van der Waals surface area contributed by atoms with Crippen LogP contribution in [0, 0.1) is 0 Å². The first-order valence-electron chi connectivity index (χ1n) is 5.85. The first-order chi connectivity index (χ1) is 7.87. The number of ether oxygens (including phenoxy) is 1. The van der Waals surface area contributed by atoms with Gasteiger partial charge in [-0.05, 0) is 39.7 Å². The molecule has 0 aromatic carbocycles. The van der Waals surface area contributed by atoms with E-state index in [0.717, 1.165) is 18.5 Å². The third-order valence-electron chi connectivity index (χ3n) is 2.52. The van der Waals surface area contributed by atoms with Gasteiger partial charge in [-0.15, -0.1) is 0 Å². The van der Waals surface area contributed by atoms with Gasteiger partial charge in [-0.1, -0.05) is 0 Å². The van der Waals surface area contributed by atoms with Gasteiger partial charge in [-0.3, -0.25) is 4.98 Å². The monoisotopic (exact) mass is 234 g/mol. The van der Waals surface area contributed by atoms with E-state index in [0.29, 0.717) is 17.2 Å². The van der Waals surface area contributed by atoms with E-state index in [1.54, 1.807) is 12.3 Å². The number of carbonyl (C=O) groups excluding carboxylic acids is 1. The number of hydrogen-bond donors (Lipinski definition) is 1. The van der Waals surface area contributed by atoms with Crippen LogP contribution in [0.2, 0.25) is 0 Å². The summed E-state index contributed by atoms with van der Waals surface area (Å²) >= 11 is 0. The SMILES string of the molecule is CC(C)(C)OC(=O)c1cc(N)cnc1C1CC1. The summed E-state index contributed by atoms with van der Waals surface area (Å²) in [5.41, 5.74) is 7.02. The minimum atomic E-state index is -0.498. The molecule has 2 N–H and O–H groups in total. The van der Waals surface area contributed by atoms with Crippen LogP contribution >= 0.6 is 0 Å². The highest BCUT2D eigenvalue weighted by atomic mass is 16.6. The Bertz CT molecular complexity index is 445. The van der Waals surface area contributed by atoms with Gasteiger partial charge in [0.1, 0.15) is 5.60 Å². The lowest BCUT2D eigenvalue weighted by Gasteiger charge is -2.20. The second-order valence-corrected chi connectivity index (χ2v) is 5.48. The van der Waals surface area contributed by atoms with Crippen molar-refractivity contribution in [3.63, 3.8) is 0 Å². The minimum Gasteiger partial charge on any atom is -0.456 e. The highest BCUT2D eigenvalue weighted by Crippen LogP contribution is 2.41. The number of carbonyl (C=O) groups is 1. The van der Waals surface area contributed by atoms with Crippen LogP contribution in [0.5, 0.6) is 0 Å². The molecule has 0 radical (unpaired) electrons. The van der Waals surface area contributed by atoms with E-state index in [-0.39, 0.29) is 5.97 Å². The van der Waals surface area contributed by atoms with Crippen LogP contribution in [0.4, 0.5) is 5.69 Å². The third kappa shape index (κ3) is 2.96. The Morgan fingerprint density at radius 3 is 2.65 bits per heavy atom. The summed E-state index contributed by atoms with van der Waals surface area (Å²) in [6, 6.07) is 1.66. The largest absolute Gasteiger partial charge is 0.456 e. The summed E-state index contributed by atoms with van der Waals surface area (Å²) in [7, 11) is 0. The molecule has 1 aromatic heterocycles. The van der Waals surface area contributed by atoms with Crippen LogP contribution in [-0.2, 0) is 4.74 Å². The number of aromatic nitrogens is 1. The number of hydrogen-bond acceptors (Lipinski definition) is 4. The van der Waals surface area contributed by atoms with Gasteiger partial charge in [0.2, 0.25) is 0 Å². The molecule has 17 heavy (non-hydrogen) atoms. The molecule has 1 fully saturated rings. The Balaban J connectivity index is 2.29. The zero-order valence-corrected chi connectivity index (χ0v) is 10.5. The lowest BCUT2D eigenvalue weighted by Crippen LogP contribution is -2.24. The molecule has 1 heterocycles. The number of anilines is 1. The zero-order valence-electron chi connectivity index (χ0n) is 10.5. The van der Waals surface area contributed by atoms with Crippen molar-refractivity contribution >= 4 is 11.7 Å². The highest BCUT2D eigenvalue weighted by Gasteiger charge is 2.31. The molecule has 0 atom stereocenters. The quantitative estimate of drug-likeness (QED) is 0.798. The number of rotatable bonds is 2. The first-order valence-corrected chi connectivity index (χ1v) is 5.85. The Labute approximate surface area is 101 Å². The molecule has 0 unspecified atom stereocenters. The molecule has 92 valence electrons. The van der Waals surface area contributed by atoms with Crippen molar-refractivity contribution in [1.82, 2.24) is 4.98 Å². The molecule has 0 saturated heterocycles. The molecular weight excluding hydrogens is 216 g/mol. The summed E-state index contributed by atoms with van der Waals surface area (Å²) in [4.78, 5) is 16.3. The Kier molecular flexibility index (Phi) is 2.81. The Morgan fingerprint density at radius 2 is 2.12 bits per heavy atom. The molecule has 1 saturated carbocycles. The molecule has 4 nitrogen and oxygen atoms in total. The van der Waals surface area contributed by atoms with E-state index in [4.69, 9.17) is 10.5 Å². The number of pyridine rings is 1. The molecule has 0 aliphatic heterocycles. The van der Waals surface area contributed by atoms with E-state index in [2.05, 4.69) is 4.98 Å². The maximum Gasteiger partial charge on any atom is 0.340 e. The van der Waals surface area contributed by atoms with Crippen LogP contribution in [0.3, 0.4) is 0 Å². The molecule has 0 spiro atoms. The Hall–Kier alpha value is -1.58. The molecule has 2 rings (SSSR count). The van der Waals surface area contributed by atoms with Gasteiger partial charge in [0, 0.05) is 5.92 Å². The summed E-state index contributed by atoms with van der Waals surface area (Å²) in [5, 5.41) is 0. The van der Waals surface area contributed by atoms with Crippen molar-refractivity contribution in [2.24, 2.45) is 0 Å². The van der Waals surface area contributed by atoms with Gasteiger partial charge >= 0.3 is 5.97 Å².